The molecule has 0 aliphatic heterocycles. The Kier molecular flexibility index (Phi) is 5.36. The Labute approximate surface area is 121 Å². The first-order chi connectivity index (χ1) is 9.54. The average Bonchev–Trinajstić information content (AvgIpc) is 2.33. The van der Waals surface area contributed by atoms with E-state index in [4.69, 9.17) is 0 Å². The van der Waals surface area contributed by atoms with Gasteiger partial charge in [-0.3, -0.25) is 10.1 Å². The maximum atomic E-state index is 13.4. The van der Waals surface area contributed by atoms with Gasteiger partial charge in [-0.25, -0.2) is 21.6 Å². The first-order valence-corrected chi connectivity index (χ1v) is 9.19. The van der Waals surface area contributed by atoms with Crippen LogP contribution in [0.3, 0.4) is 0 Å². The van der Waals surface area contributed by atoms with Gasteiger partial charge in [-0.1, -0.05) is 6.07 Å². The van der Waals surface area contributed by atoms with Crippen LogP contribution in [0.25, 0.3) is 0 Å². The van der Waals surface area contributed by atoms with E-state index < -0.39 is 41.2 Å². The molecule has 0 fully saturated rings. The number of nitrogens with zero attached hydrogens (tertiary/aromatic N) is 1. The van der Waals surface area contributed by atoms with Crippen LogP contribution in [0.15, 0.2) is 23.1 Å². The fraction of sp³-hybridized carbons (Fsp3) is 0.400. The van der Waals surface area contributed by atoms with Crippen LogP contribution in [0.2, 0.25) is 0 Å². The maximum Gasteiger partial charge on any atom is 0.324 e. The average molecular weight is 340 g/mol. The van der Waals surface area contributed by atoms with Gasteiger partial charge in [0.15, 0.2) is 4.90 Å². The summed E-state index contributed by atoms with van der Waals surface area (Å²) in [5.74, 6) is -1.50. The molecule has 8 nitrogen and oxygen atoms in total. The molecule has 0 aromatic heterocycles. The minimum absolute atomic E-state index is 0.00117. The molecule has 0 heterocycles. The van der Waals surface area contributed by atoms with Crippen LogP contribution in [0, 0.1) is 15.9 Å². The van der Waals surface area contributed by atoms with E-state index in [9.17, 15) is 31.3 Å². The first-order valence-electron chi connectivity index (χ1n) is 5.65. The number of nitro groups is 1. The van der Waals surface area contributed by atoms with Gasteiger partial charge in [0.05, 0.1) is 10.7 Å². The fourth-order valence-corrected chi connectivity index (χ4v) is 3.43. The van der Waals surface area contributed by atoms with Gasteiger partial charge in [0.25, 0.3) is 0 Å². The van der Waals surface area contributed by atoms with Gasteiger partial charge >= 0.3 is 5.69 Å². The van der Waals surface area contributed by atoms with Crippen molar-refractivity contribution in [1.82, 2.24) is 4.72 Å². The van der Waals surface area contributed by atoms with E-state index in [1.807, 2.05) is 4.72 Å². The molecule has 0 aliphatic rings. The van der Waals surface area contributed by atoms with Crippen molar-refractivity contribution in [2.24, 2.45) is 0 Å². The molecule has 1 aromatic rings. The van der Waals surface area contributed by atoms with E-state index in [2.05, 4.69) is 0 Å². The molecule has 1 N–H and O–H groups in total. The number of hydrogen-bond acceptors (Lipinski definition) is 6. The van der Waals surface area contributed by atoms with Gasteiger partial charge in [-0.2, -0.15) is 4.39 Å². The van der Waals surface area contributed by atoms with Crippen molar-refractivity contribution < 1.29 is 26.1 Å². The summed E-state index contributed by atoms with van der Waals surface area (Å²) >= 11 is 0. The Morgan fingerprint density at radius 3 is 2.43 bits per heavy atom. The summed E-state index contributed by atoms with van der Waals surface area (Å²) in [6, 6.07) is 2.72. The van der Waals surface area contributed by atoms with Crippen molar-refractivity contribution in [3.8, 4) is 0 Å². The SMILES string of the molecule is CS(=O)(=O)CCCNS(=O)(=O)c1cccc(F)c1[N+](=O)[O-]. The van der Waals surface area contributed by atoms with E-state index in [0.29, 0.717) is 0 Å². The summed E-state index contributed by atoms with van der Waals surface area (Å²) < 4.78 is 61.0. The predicted molar refractivity (Wildman–Crippen MR) is 72.6 cm³/mol. The van der Waals surface area contributed by atoms with Crippen molar-refractivity contribution >= 4 is 25.5 Å². The monoisotopic (exact) mass is 340 g/mol. The van der Waals surface area contributed by atoms with E-state index in [1.165, 1.54) is 0 Å². The van der Waals surface area contributed by atoms with Crippen molar-refractivity contribution in [2.75, 3.05) is 18.6 Å². The number of para-hydroxylation sites is 1. The highest BCUT2D eigenvalue weighted by Crippen LogP contribution is 2.26. The molecule has 0 saturated heterocycles. The highest BCUT2D eigenvalue weighted by atomic mass is 32.2. The normalized spacial score (nSPS) is 12.3. The van der Waals surface area contributed by atoms with Crippen LogP contribution >= 0.6 is 0 Å². The molecule has 1 rings (SSSR count). The molecular formula is C10H13FN2O6S2. The summed E-state index contributed by atoms with van der Waals surface area (Å²) in [5.41, 5.74) is -1.15. The van der Waals surface area contributed by atoms with Gasteiger partial charge in [0, 0.05) is 12.8 Å². The summed E-state index contributed by atoms with van der Waals surface area (Å²) in [5, 5.41) is 10.7. The van der Waals surface area contributed by atoms with Gasteiger partial charge in [-0.15, -0.1) is 0 Å². The Hall–Kier alpha value is -1.59. The Balaban J connectivity index is 2.94. The lowest BCUT2D eigenvalue weighted by Crippen LogP contribution is -2.27. The van der Waals surface area contributed by atoms with Crippen molar-refractivity contribution in [1.29, 1.82) is 0 Å². The number of sulfone groups is 1. The van der Waals surface area contributed by atoms with Crippen molar-refractivity contribution in [2.45, 2.75) is 11.3 Å². The Morgan fingerprint density at radius 1 is 1.29 bits per heavy atom. The Morgan fingerprint density at radius 2 is 1.90 bits per heavy atom. The lowest BCUT2D eigenvalue weighted by molar-refractivity contribution is -0.390. The van der Waals surface area contributed by atoms with Gasteiger partial charge in [0.1, 0.15) is 9.84 Å². The van der Waals surface area contributed by atoms with Crippen LogP contribution in [0.4, 0.5) is 10.1 Å². The highest BCUT2D eigenvalue weighted by molar-refractivity contribution is 7.90. The minimum atomic E-state index is -4.30. The maximum absolute atomic E-state index is 13.4. The molecule has 1 aromatic carbocycles. The number of nitro benzene ring substituents is 1. The second-order valence-electron chi connectivity index (χ2n) is 4.22. The largest absolute Gasteiger partial charge is 0.324 e. The van der Waals surface area contributed by atoms with E-state index in [1.54, 1.807) is 0 Å². The molecular weight excluding hydrogens is 327 g/mol. The van der Waals surface area contributed by atoms with Gasteiger partial charge in [-0.05, 0) is 18.6 Å². The zero-order valence-electron chi connectivity index (χ0n) is 10.9. The van der Waals surface area contributed by atoms with Crippen LogP contribution in [0.5, 0.6) is 0 Å². The van der Waals surface area contributed by atoms with Crippen LogP contribution < -0.4 is 4.72 Å². The molecule has 0 amide bonds. The molecule has 118 valence electrons. The molecule has 0 bridgehead atoms. The van der Waals surface area contributed by atoms with Crippen molar-refractivity contribution in [3.05, 3.63) is 34.1 Å². The molecule has 0 atom stereocenters. The summed E-state index contributed by atoms with van der Waals surface area (Å²) in [7, 11) is -7.54. The topological polar surface area (TPSA) is 123 Å². The smallest absolute Gasteiger partial charge is 0.258 e. The number of rotatable bonds is 7. The van der Waals surface area contributed by atoms with Crippen LogP contribution in [-0.4, -0.2) is 40.3 Å². The number of benzene rings is 1. The molecule has 0 unspecified atom stereocenters. The third-order valence-electron chi connectivity index (χ3n) is 2.41. The first kappa shape index (κ1) is 17.5. The van der Waals surface area contributed by atoms with E-state index in [-0.39, 0.29) is 18.7 Å². The summed E-state index contributed by atoms with van der Waals surface area (Å²) in [4.78, 5) is 8.82. The van der Waals surface area contributed by atoms with E-state index >= 15 is 0 Å². The third kappa shape index (κ3) is 5.02. The minimum Gasteiger partial charge on any atom is -0.258 e. The molecule has 0 radical (unpaired) electrons. The third-order valence-corrected chi connectivity index (χ3v) is 4.93. The molecule has 0 spiro atoms. The zero-order chi connectivity index (χ0) is 16.3. The lowest BCUT2D eigenvalue weighted by Gasteiger charge is -2.07. The van der Waals surface area contributed by atoms with Crippen LogP contribution in [0.1, 0.15) is 6.42 Å². The quantitative estimate of drug-likeness (QED) is 0.436. The Bertz CT molecular complexity index is 745. The number of nitrogens with one attached hydrogen (secondary N) is 1. The molecule has 0 saturated carbocycles. The fourth-order valence-electron chi connectivity index (χ4n) is 1.51. The highest BCUT2D eigenvalue weighted by Gasteiger charge is 2.28. The number of hydrogen-bond donors (Lipinski definition) is 1. The summed E-state index contributed by atoms with van der Waals surface area (Å²) in [6.07, 6.45) is 1.00. The van der Waals surface area contributed by atoms with Crippen molar-refractivity contribution in [3.63, 3.8) is 0 Å². The van der Waals surface area contributed by atoms with Gasteiger partial charge in [0.2, 0.25) is 15.8 Å². The zero-order valence-corrected chi connectivity index (χ0v) is 12.6. The second kappa shape index (κ2) is 6.45. The molecule has 0 aliphatic carbocycles. The number of sulfonamides is 1. The van der Waals surface area contributed by atoms with E-state index in [0.717, 1.165) is 24.5 Å². The second-order valence-corrected chi connectivity index (χ2v) is 8.22. The molecule has 11 heteroatoms. The van der Waals surface area contributed by atoms with Gasteiger partial charge < -0.3 is 0 Å². The molecule has 21 heavy (non-hydrogen) atoms. The van der Waals surface area contributed by atoms with Crippen LogP contribution in [-0.2, 0) is 19.9 Å². The number of halogens is 1. The summed E-state index contributed by atoms with van der Waals surface area (Å²) in [6.45, 7) is -0.233. The predicted octanol–water partition coefficient (Wildman–Crippen LogP) is 0.447. The lowest BCUT2D eigenvalue weighted by atomic mass is 10.3. The standard InChI is InChI=1S/C10H13FN2O6S2/c1-20(16,17)7-3-6-12-21(18,19)9-5-2-4-8(11)10(9)13(14)15/h2,4-5,12H,3,6-7H2,1H3.